The van der Waals surface area contributed by atoms with Crippen molar-refractivity contribution in [3.8, 4) is 0 Å². The molecular formula is C16H28O4. The molecule has 2 unspecified atom stereocenters. The van der Waals surface area contributed by atoms with Gasteiger partial charge in [0, 0.05) is 0 Å². The van der Waals surface area contributed by atoms with E-state index in [0.717, 1.165) is 19.3 Å². The van der Waals surface area contributed by atoms with E-state index < -0.39 is 11.6 Å². The summed E-state index contributed by atoms with van der Waals surface area (Å²) in [5.74, 6) is -0.502. The quantitative estimate of drug-likeness (QED) is 0.672. The Bertz CT molecular complexity index is 333. The number of carbonyl (C=O) groups excluding carboxylic acids is 2. The third-order valence-electron chi connectivity index (χ3n) is 4.61. The second kappa shape index (κ2) is 7.65. The van der Waals surface area contributed by atoms with Crippen LogP contribution in [0.25, 0.3) is 0 Å². The van der Waals surface area contributed by atoms with Crippen molar-refractivity contribution in [1.29, 1.82) is 0 Å². The zero-order valence-electron chi connectivity index (χ0n) is 13.2. The highest BCUT2D eigenvalue weighted by Crippen LogP contribution is 2.38. The third-order valence-corrected chi connectivity index (χ3v) is 4.61. The van der Waals surface area contributed by atoms with E-state index in [2.05, 4.69) is 0 Å². The van der Waals surface area contributed by atoms with Gasteiger partial charge < -0.3 is 9.47 Å². The molecule has 1 aliphatic rings. The fourth-order valence-corrected chi connectivity index (χ4v) is 2.71. The average molecular weight is 284 g/mol. The van der Waals surface area contributed by atoms with Crippen LogP contribution >= 0.6 is 0 Å². The van der Waals surface area contributed by atoms with Crippen LogP contribution in [0, 0.1) is 11.8 Å². The molecule has 0 heterocycles. The Kier molecular flexibility index (Phi) is 6.50. The number of hydrogen-bond donors (Lipinski definition) is 0. The molecular weight excluding hydrogens is 256 g/mol. The first-order valence-corrected chi connectivity index (χ1v) is 7.81. The van der Waals surface area contributed by atoms with Crippen LogP contribution in [0.4, 0.5) is 0 Å². The fraction of sp³-hybridized carbons (Fsp3) is 0.875. The summed E-state index contributed by atoms with van der Waals surface area (Å²) in [6, 6.07) is 0. The van der Waals surface area contributed by atoms with Crippen molar-refractivity contribution in [1.82, 2.24) is 0 Å². The summed E-state index contributed by atoms with van der Waals surface area (Å²) < 4.78 is 10.6. The van der Waals surface area contributed by atoms with Crippen molar-refractivity contribution in [3.05, 3.63) is 0 Å². The summed E-state index contributed by atoms with van der Waals surface area (Å²) in [6.07, 6.45) is 6.15. The standard InChI is InChI=1S/C16H28O4/c1-5-12(3)15(18)19-11-14(17)20-16(4,6-2)13-9-7-8-10-13/h12-13H,5-11H2,1-4H3. The van der Waals surface area contributed by atoms with Crippen molar-refractivity contribution in [2.75, 3.05) is 6.61 Å². The number of rotatable bonds is 7. The summed E-state index contributed by atoms with van der Waals surface area (Å²) >= 11 is 0. The molecule has 1 aliphatic carbocycles. The van der Waals surface area contributed by atoms with E-state index in [9.17, 15) is 9.59 Å². The van der Waals surface area contributed by atoms with E-state index >= 15 is 0 Å². The topological polar surface area (TPSA) is 52.6 Å². The lowest BCUT2D eigenvalue weighted by Gasteiger charge is -2.34. The highest BCUT2D eigenvalue weighted by molar-refractivity contribution is 5.77. The van der Waals surface area contributed by atoms with Gasteiger partial charge in [0.2, 0.25) is 0 Å². The van der Waals surface area contributed by atoms with Crippen LogP contribution in [0.2, 0.25) is 0 Å². The van der Waals surface area contributed by atoms with Gasteiger partial charge in [0.05, 0.1) is 5.92 Å². The molecule has 1 saturated carbocycles. The second-order valence-corrected chi connectivity index (χ2v) is 6.04. The van der Waals surface area contributed by atoms with Crippen molar-refractivity contribution in [2.24, 2.45) is 11.8 Å². The molecule has 0 aromatic carbocycles. The number of hydrogen-bond acceptors (Lipinski definition) is 4. The summed E-state index contributed by atoms with van der Waals surface area (Å²) in [4.78, 5) is 23.4. The predicted octanol–water partition coefficient (Wildman–Crippen LogP) is 3.48. The maximum absolute atomic E-state index is 11.9. The smallest absolute Gasteiger partial charge is 0.344 e. The van der Waals surface area contributed by atoms with Crippen molar-refractivity contribution in [3.63, 3.8) is 0 Å². The molecule has 0 aromatic rings. The first-order valence-electron chi connectivity index (χ1n) is 7.81. The lowest BCUT2D eigenvalue weighted by Crippen LogP contribution is -2.39. The van der Waals surface area contributed by atoms with Crippen LogP contribution in [0.1, 0.15) is 66.2 Å². The Morgan fingerprint density at radius 3 is 2.35 bits per heavy atom. The van der Waals surface area contributed by atoms with E-state index in [0.29, 0.717) is 12.3 Å². The van der Waals surface area contributed by atoms with Crippen LogP contribution in [0.15, 0.2) is 0 Å². The Morgan fingerprint density at radius 1 is 1.25 bits per heavy atom. The van der Waals surface area contributed by atoms with Gasteiger partial charge in [-0.2, -0.15) is 0 Å². The number of ether oxygens (including phenoxy) is 2. The van der Waals surface area contributed by atoms with E-state index in [-0.39, 0.29) is 18.5 Å². The predicted molar refractivity (Wildman–Crippen MR) is 77.2 cm³/mol. The van der Waals surface area contributed by atoms with Gasteiger partial charge in [-0.05, 0) is 38.5 Å². The Labute approximate surface area is 122 Å². The minimum Gasteiger partial charge on any atom is -0.457 e. The lowest BCUT2D eigenvalue weighted by molar-refractivity contribution is -0.175. The second-order valence-electron chi connectivity index (χ2n) is 6.04. The molecule has 4 heteroatoms. The maximum atomic E-state index is 11.9. The van der Waals surface area contributed by atoms with Gasteiger partial charge in [0.25, 0.3) is 0 Å². The largest absolute Gasteiger partial charge is 0.457 e. The molecule has 0 aliphatic heterocycles. The Hall–Kier alpha value is -1.06. The molecule has 1 fully saturated rings. The zero-order chi connectivity index (χ0) is 15.2. The monoisotopic (exact) mass is 284 g/mol. The van der Waals surface area contributed by atoms with Crippen molar-refractivity contribution in [2.45, 2.75) is 71.8 Å². The highest BCUT2D eigenvalue weighted by atomic mass is 16.6. The van der Waals surface area contributed by atoms with Gasteiger partial charge in [-0.1, -0.05) is 33.6 Å². The molecule has 0 spiro atoms. The molecule has 0 aromatic heterocycles. The van der Waals surface area contributed by atoms with E-state index in [1.165, 1.54) is 12.8 Å². The van der Waals surface area contributed by atoms with E-state index in [1.807, 2.05) is 20.8 Å². The molecule has 2 atom stereocenters. The van der Waals surface area contributed by atoms with Gasteiger partial charge in [-0.15, -0.1) is 0 Å². The minimum atomic E-state index is -0.432. The summed E-state index contributed by atoms with van der Waals surface area (Å²) in [5, 5.41) is 0. The van der Waals surface area contributed by atoms with Crippen LogP contribution in [0.5, 0.6) is 0 Å². The van der Waals surface area contributed by atoms with Crippen LogP contribution in [0.3, 0.4) is 0 Å². The maximum Gasteiger partial charge on any atom is 0.344 e. The summed E-state index contributed by atoms with van der Waals surface area (Å²) in [7, 11) is 0. The van der Waals surface area contributed by atoms with E-state index in [4.69, 9.17) is 9.47 Å². The van der Waals surface area contributed by atoms with Crippen LogP contribution in [-0.2, 0) is 19.1 Å². The first kappa shape index (κ1) is 17.0. The fourth-order valence-electron chi connectivity index (χ4n) is 2.71. The highest BCUT2D eigenvalue weighted by Gasteiger charge is 2.38. The van der Waals surface area contributed by atoms with E-state index in [1.54, 1.807) is 6.92 Å². The Morgan fingerprint density at radius 2 is 1.85 bits per heavy atom. The normalized spacial score (nSPS) is 20.2. The molecule has 0 radical (unpaired) electrons. The van der Waals surface area contributed by atoms with Crippen molar-refractivity contribution < 1.29 is 19.1 Å². The molecule has 1 rings (SSSR count). The number of esters is 2. The van der Waals surface area contributed by atoms with Gasteiger partial charge in [0.1, 0.15) is 5.60 Å². The molecule has 4 nitrogen and oxygen atoms in total. The molecule has 0 saturated heterocycles. The SMILES string of the molecule is CCC(C)C(=O)OCC(=O)OC(C)(CC)C1CCCC1. The summed E-state index contributed by atoms with van der Waals surface area (Å²) in [5.41, 5.74) is -0.420. The lowest BCUT2D eigenvalue weighted by atomic mass is 9.85. The average Bonchev–Trinajstić information content (AvgIpc) is 2.98. The minimum absolute atomic E-state index is 0.171. The number of carbonyl (C=O) groups is 2. The van der Waals surface area contributed by atoms with Gasteiger partial charge in [-0.3, -0.25) is 4.79 Å². The summed E-state index contributed by atoms with van der Waals surface area (Å²) in [6.45, 7) is 7.47. The zero-order valence-corrected chi connectivity index (χ0v) is 13.2. The van der Waals surface area contributed by atoms with Gasteiger partial charge in [-0.25, -0.2) is 4.79 Å². The van der Waals surface area contributed by atoms with Gasteiger partial charge in [0.15, 0.2) is 6.61 Å². The van der Waals surface area contributed by atoms with Crippen LogP contribution in [-0.4, -0.2) is 24.1 Å². The van der Waals surface area contributed by atoms with Gasteiger partial charge >= 0.3 is 11.9 Å². The van der Waals surface area contributed by atoms with Crippen LogP contribution < -0.4 is 0 Å². The molecule has 0 N–H and O–H groups in total. The molecule has 116 valence electrons. The molecule has 0 amide bonds. The third kappa shape index (κ3) is 4.50. The Balaban J connectivity index is 2.45. The molecule has 20 heavy (non-hydrogen) atoms. The van der Waals surface area contributed by atoms with Crippen molar-refractivity contribution >= 4 is 11.9 Å². The molecule has 0 bridgehead atoms. The first-order chi connectivity index (χ1) is 9.42.